The Bertz CT molecular complexity index is 1100. The van der Waals surface area contributed by atoms with Crippen LogP contribution in [0.2, 0.25) is 0 Å². The highest BCUT2D eigenvalue weighted by atomic mass is 16.2. The van der Waals surface area contributed by atoms with E-state index in [1.807, 2.05) is 43.3 Å². The van der Waals surface area contributed by atoms with Gasteiger partial charge in [-0.15, -0.1) is 0 Å². The summed E-state index contributed by atoms with van der Waals surface area (Å²) < 4.78 is 0. The van der Waals surface area contributed by atoms with Gasteiger partial charge in [0.2, 0.25) is 5.91 Å². The Morgan fingerprint density at radius 3 is 2.24 bits per heavy atom. The van der Waals surface area contributed by atoms with Crippen LogP contribution >= 0.6 is 0 Å². The van der Waals surface area contributed by atoms with Crippen molar-refractivity contribution in [2.24, 2.45) is 0 Å². The van der Waals surface area contributed by atoms with Crippen LogP contribution in [-0.2, 0) is 11.3 Å². The van der Waals surface area contributed by atoms with Crippen LogP contribution in [-0.4, -0.2) is 42.8 Å². The fourth-order valence-corrected chi connectivity index (χ4v) is 3.27. The topological polar surface area (TPSA) is 90.5 Å². The number of carbonyl (C=O) groups excluding carboxylic acids is 3. The molecule has 0 aliphatic heterocycles. The lowest BCUT2D eigenvalue weighted by molar-refractivity contribution is -0.114. The number of hydrogen-bond donors (Lipinski definition) is 3. The third-order valence-electron chi connectivity index (χ3n) is 4.94. The first-order chi connectivity index (χ1) is 16.0. The number of nitrogens with zero attached hydrogens (tertiary/aromatic N) is 1. The number of hydrogen-bond acceptors (Lipinski definition) is 4. The molecule has 3 amide bonds. The van der Waals surface area contributed by atoms with E-state index in [1.54, 1.807) is 54.4 Å². The maximum absolute atomic E-state index is 12.8. The Balaban J connectivity index is 1.53. The van der Waals surface area contributed by atoms with Gasteiger partial charge >= 0.3 is 0 Å². The summed E-state index contributed by atoms with van der Waals surface area (Å²) in [5, 5.41) is 8.56. The smallest absolute Gasteiger partial charge is 0.253 e. The third kappa shape index (κ3) is 6.93. The Kier molecular flexibility index (Phi) is 8.18. The second kappa shape index (κ2) is 11.5. The van der Waals surface area contributed by atoms with Gasteiger partial charge in [0.25, 0.3) is 11.8 Å². The molecule has 7 nitrogen and oxygen atoms in total. The monoisotopic (exact) mass is 444 g/mol. The average molecular weight is 445 g/mol. The first kappa shape index (κ1) is 23.5. The normalized spacial score (nSPS) is 10.2. The fourth-order valence-electron chi connectivity index (χ4n) is 3.27. The molecule has 0 radical (unpaired) electrons. The lowest BCUT2D eigenvalue weighted by Gasteiger charge is -2.18. The van der Waals surface area contributed by atoms with E-state index in [-0.39, 0.29) is 24.3 Å². The Morgan fingerprint density at radius 2 is 1.55 bits per heavy atom. The summed E-state index contributed by atoms with van der Waals surface area (Å²) >= 11 is 0. The largest absolute Gasteiger partial charge is 0.376 e. The van der Waals surface area contributed by atoms with Gasteiger partial charge in [0.05, 0.1) is 6.54 Å². The summed E-state index contributed by atoms with van der Waals surface area (Å²) in [6.45, 7) is 2.96. The number of rotatable bonds is 9. The van der Waals surface area contributed by atoms with Crippen molar-refractivity contribution in [1.82, 2.24) is 10.2 Å². The summed E-state index contributed by atoms with van der Waals surface area (Å²) in [5.74, 6) is -0.487. The van der Waals surface area contributed by atoms with E-state index in [4.69, 9.17) is 0 Å². The average Bonchev–Trinajstić information content (AvgIpc) is 2.83. The van der Waals surface area contributed by atoms with Crippen molar-refractivity contribution in [3.8, 4) is 0 Å². The van der Waals surface area contributed by atoms with Crippen LogP contribution in [0.4, 0.5) is 11.4 Å². The number of anilines is 2. The standard InChI is InChI=1S/C26H28N4O3/c1-3-27-25(32)20-12-14-22(15-13-20)29-24(31)17-28-23-11-7-10-21(16-23)26(33)30(2)18-19-8-5-4-6-9-19/h4-16,28H,3,17-18H2,1-2H3,(H,27,32)(H,29,31). The molecule has 3 aromatic rings. The van der Waals surface area contributed by atoms with E-state index in [9.17, 15) is 14.4 Å². The molecule has 170 valence electrons. The molecule has 0 aliphatic rings. The van der Waals surface area contributed by atoms with Gasteiger partial charge in [0, 0.05) is 42.6 Å². The van der Waals surface area contributed by atoms with Gasteiger partial charge in [-0.05, 0) is 55.0 Å². The zero-order valence-electron chi connectivity index (χ0n) is 18.8. The maximum Gasteiger partial charge on any atom is 0.253 e. The molecule has 0 saturated carbocycles. The van der Waals surface area contributed by atoms with E-state index in [2.05, 4.69) is 16.0 Å². The van der Waals surface area contributed by atoms with Crippen molar-refractivity contribution in [2.45, 2.75) is 13.5 Å². The van der Waals surface area contributed by atoms with E-state index in [0.29, 0.717) is 35.6 Å². The molecule has 0 aromatic heterocycles. The van der Waals surface area contributed by atoms with E-state index >= 15 is 0 Å². The van der Waals surface area contributed by atoms with Gasteiger partial charge in [-0.1, -0.05) is 36.4 Å². The van der Waals surface area contributed by atoms with Gasteiger partial charge in [0.15, 0.2) is 0 Å². The Morgan fingerprint density at radius 1 is 0.818 bits per heavy atom. The van der Waals surface area contributed by atoms with Gasteiger partial charge in [-0.3, -0.25) is 14.4 Å². The highest BCUT2D eigenvalue weighted by Gasteiger charge is 2.13. The van der Waals surface area contributed by atoms with Crippen LogP contribution in [0.3, 0.4) is 0 Å². The van der Waals surface area contributed by atoms with Crippen LogP contribution in [0.1, 0.15) is 33.2 Å². The summed E-state index contributed by atoms with van der Waals surface area (Å²) in [5.41, 5.74) is 3.40. The molecule has 0 bridgehead atoms. The number of benzene rings is 3. The first-order valence-corrected chi connectivity index (χ1v) is 10.8. The van der Waals surface area contributed by atoms with Gasteiger partial charge in [-0.2, -0.15) is 0 Å². The minimum absolute atomic E-state index is 0.0373. The van der Waals surface area contributed by atoms with Crippen LogP contribution in [0, 0.1) is 0 Å². The lowest BCUT2D eigenvalue weighted by Crippen LogP contribution is -2.26. The zero-order chi connectivity index (χ0) is 23.6. The number of amides is 3. The number of carbonyl (C=O) groups is 3. The van der Waals surface area contributed by atoms with E-state index < -0.39 is 0 Å². The SMILES string of the molecule is CCNC(=O)c1ccc(NC(=O)CNc2cccc(C(=O)N(C)Cc3ccccc3)c2)cc1. The van der Waals surface area contributed by atoms with Crippen LogP contribution in [0.5, 0.6) is 0 Å². The molecule has 3 N–H and O–H groups in total. The summed E-state index contributed by atoms with van der Waals surface area (Å²) in [4.78, 5) is 38.6. The van der Waals surface area contributed by atoms with Crippen LogP contribution < -0.4 is 16.0 Å². The first-order valence-electron chi connectivity index (χ1n) is 10.8. The molecular formula is C26H28N4O3. The second-order valence-electron chi connectivity index (χ2n) is 7.57. The molecule has 0 fully saturated rings. The summed E-state index contributed by atoms with van der Waals surface area (Å²) in [7, 11) is 1.76. The molecule has 0 saturated heterocycles. The van der Waals surface area contributed by atoms with Crippen molar-refractivity contribution in [3.63, 3.8) is 0 Å². The predicted molar refractivity (Wildman–Crippen MR) is 130 cm³/mol. The van der Waals surface area contributed by atoms with Crippen molar-refractivity contribution < 1.29 is 14.4 Å². The molecule has 0 unspecified atom stereocenters. The molecule has 0 spiro atoms. The maximum atomic E-state index is 12.8. The van der Waals surface area contributed by atoms with Crippen LogP contribution in [0.15, 0.2) is 78.9 Å². The number of nitrogens with one attached hydrogen (secondary N) is 3. The molecular weight excluding hydrogens is 416 g/mol. The Hall–Kier alpha value is -4.13. The van der Waals surface area contributed by atoms with Crippen LogP contribution in [0.25, 0.3) is 0 Å². The lowest BCUT2D eigenvalue weighted by atomic mass is 10.1. The van der Waals surface area contributed by atoms with Crippen molar-refractivity contribution >= 4 is 29.1 Å². The summed E-state index contributed by atoms with van der Waals surface area (Å²) in [6, 6.07) is 23.6. The van der Waals surface area contributed by atoms with Crippen molar-refractivity contribution in [3.05, 3.63) is 95.6 Å². The van der Waals surface area contributed by atoms with Crippen molar-refractivity contribution in [1.29, 1.82) is 0 Å². The van der Waals surface area contributed by atoms with Gasteiger partial charge < -0.3 is 20.9 Å². The van der Waals surface area contributed by atoms with E-state index in [1.165, 1.54) is 0 Å². The molecule has 0 aliphatic carbocycles. The predicted octanol–water partition coefficient (Wildman–Crippen LogP) is 3.76. The molecule has 7 heteroatoms. The second-order valence-corrected chi connectivity index (χ2v) is 7.57. The van der Waals surface area contributed by atoms with Gasteiger partial charge in [-0.25, -0.2) is 0 Å². The molecule has 3 rings (SSSR count). The highest BCUT2D eigenvalue weighted by molar-refractivity contribution is 5.97. The fraction of sp³-hybridized carbons (Fsp3) is 0.192. The Labute approximate surface area is 193 Å². The minimum atomic E-state index is -0.237. The minimum Gasteiger partial charge on any atom is -0.376 e. The molecule has 3 aromatic carbocycles. The highest BCUT2D eigenvalue weighted by Crippen LogP contribution is 2.14. The molecule has 0 heterocycles. The van der Waals surface area contributed by atoms with Crippen molar-refractivity contribution in [2.75, 3.05) is 30.8 Å². The zero-order valence-corrected chi connectivity index (χ0v) is 18.8. The molecule has 0 atom stereocenters. The quantitative estimate of drug-likeness (QED) is 0.469. The third-order valence-corrected chi connectivity index (χ3v) is 4.94. The van der Waals surface area contributed by atoms with E-state index in [0.717, 1.165) is 5.56 Å². The van der Waals surface area contributed by atoms with Gasteiger partial charge in [0.1, 0.15) is 0 Å². The summed E-state index contributed by atoms with van der Waals surface area (Å²) in [6.07, 6.45) is 0. The molecule has 33 heavy (non-hydrogen) atoms.